The number of fused-ring (bicyclic) bond motifs is 3. The number of anilines is 1. The van der Waals surface area contributed by atoms with Gasteiger partial charge in [0.2, 0.25) is 0 Å². The molecule has 4 rings (SSSR count). The molecule has 0 radical (unpaired) electrons. The van der Waals surface area contributed by atoms with Crippen LogP contribution in [0.25, 0.3) is 21.9 Å². The number of carbonyl (C=O) groups is 1. The van der Waals surface area contributed by atoms with Gasteiger partial charge in [-0.05, 0) is 36.8 Å². The number of hydrogen-bond acceptors (Lipinski definition) is 3. The van der Waals surface area contributed by atoms with Crippen molar-refractivity contribution in [3.05, 3.63) is 72.0 Å². The van der Waals surface area contributed by atoms with Crippen molar-refractivity contribution in [2.45, 2.75) is 19.4 Å². The quantitative estimate of drug-likeness (QED) is 0.489. The van der Waals surface area contributed by atoms with E-state index < -0.39 is 0 Å². The van der Waals surface area contributed by atoms with Crippen molar-refractivity contribution >= 4 is 33.5 Å². The third-order valence-corrected chi connectivity index (χ3v) is 5.24. The molecule has 0 bridgehead atoms. The van der Waals surface area contributed by atoms with Crippen LogP contribution < -0.4 is 15.4 Å². The SMILES string of the molecule is COc1cc2c(cc1NC(=O)[C@H](C)[NH2+]CCc1ccc(F)cc1)oc1ccccc12. The van der Waals surface area contributed by atoms with Crippen LogP contribution in [0.15, 0.2) is 65.1 Å². The maximum Gasteiger partial charge on any atom is 0.282 e. The maximum absolute atomic E-state index is 13.0. The number of para-hydroxylation sites is 1. The van der Waals surface area contributed by atoms with Crippen LogP contribution in [0.2, 0.25) is 0 Å². The van der Waals surface area contributed by atoms with Crippen LogP contribution in [0.1, 0.15) is 12.5 Å². The second kappa shape index (κ2) is 8.55. The van der Waals surface area contributed by atoms with E-state index in [4.69, 9.17) is 9.15 Å². The summed E-state index contributed by atoms with van der Waals surface area (Å²) in [6.07, 6.45) is 0.756. The minimum Gasteiger partial charge on any atom is -0.495 e. The van der Waals surface area contributed by atoms with Gasteiger partial charge in [0, 0.05) is 23.3 Å². The van der Waals surface area contributed by atoms with Gasteiger partial charge in [-0.1, -0.05) is 30.3 Å². The second-order valence-electron chi connectivity index (χ2n) is 7.33. The van der Waals surface area contributed by atoms with E-state index in [2.05, 4.69) is 5.32 Å². The molecule has 4 aromatic rings. The van der Waals surface area contributed by atoms with Crippen molar-refractivity contribution in [3.8, 4) is 5.75 Å². The van der Waals surface area contributed by atoms with Gasteiger partial charge in [-0.25, -0.2) is 4.39 Å². The Labute approximate surface area is 173 Å². The average Bonchev–Trinajstić information content (AvgIpc) is 3.11. The summed E-state index contributed by atoms with van der Waals surface area (Å²) in [5.74, 6) is 0.217. The predicted octanol–water partition coefficient (Wildman–Crippen LogP) is 3.87. The van der Waals surface area contributed by atoms with Gasteiger partial charge in [-0.15, -0.1) is 0 Å². The number of nitrogens with one attached hydrogen (secondary N) is 1. The Morgan fingerprint density at radius 1 is 1.10 bits per heavy atom. The first-order valence-electron chi connectivity index (χ1n) is 9.93. The zero-order chi connectivity index (χ0) is 21.1. The monoisotopic (exact) mass is 407 g/mol. The van der Waals surface area contributed by atoms with Crippen LogP contribution >= 0.6 is 0 Å². The maximum atomic E-state index is 13.0. The van der Waals surface area contributed by atoms with Gasteiger partial charge in [0.1, 0.15) is 22.7 Å². The number of ether oxygens (including phenoxy) is 1. The van der Waals surface area contributed by atoms with Crippen LogP contribution in [0.3, 0.4) is 0 Å². The molecule has 30 heavy (non-hydrogen) atoms. The summed E-state index contributed by atoms with van der Waals surface area (Å²) in [6.45, 7) is 2.58. The van der Waals surface area contributed by atoms with Gasteiger partial charge >= 0.3 is 0 Å². The molecule has 0 aliphatic rings. The highest BCUT2D eigenvalue weighted by atomic mass is 19.1. The number of methoxy groups -OCH3 is 1. The lowest BCUT2D eigenvalue weighted by molar-refractivity contribution is -0.672. The Morgan fingerprint density at radius 3 is 2.63 bits per heavy atom. The van der Waals surface area contributed by atoms with E-state index in [9.17, 15) is 9.18 Å². The van der Waals surface area contributed by atoms with Crippen LogP contribution in [-0.2, 0) is 11.2 Å². The number of amides is 1. The normalized spacial score (nSPS) is 12.2. The van der Waals surface area contributed by atoms with Gasteiger partial charge in [-0.2, -0.15) is 0 Å². The third kappa shape index (κ3) is 4.14. The van der Waals surface area contributed by atoms with Gasteiger partial charge in [0.25, 0.3) is 5.91 Å². The third-order valence-electron chi connectivity index (χ3n) is 5.24. The van der Waals surface area contributed by atoms with E-state index in [-0.39, 0.29) is 17.8 Å². The first kappa shape index (κ1) is 19.9. The van der Waals surface area contributed by atoms with E-state index >= 15 is 0 Å². The number of benzene rings is 3. The Hall–Kier alpha value is -3.38. The number of quaternary nitrogens is 1. The first-order chi connectivity index (χ1) is 14.5. The number of nitrogens with two attached hydrogens (primary N) is 1. The molecule has 0 spiro atoms. The fourth-order valence-electron chi connectivity index (χ4n) is 3.52. The zero-order valence-corrected chi connectivity index (χ0v) is 16.9. The van der Waals surface area contributed by atoms with Gasteiger partial charge in [0.15, 0.2) is 6.04 Å². The molecule has 0 unspecified atom stereocenters. The Morgan fingerprint density at radius 2 is 1.87 bits per heavy atom. The van der Waals surface area contributed by atoms with Crippen molar-refractivity contribution in [2.24, 2.45) is 0 Å². The fraction of sp³-hybridized carbons (Fsp3) is 0.208. The van der Waals surface area contributed by atoms with E-state index in [1.54, 1.807) is 25.3 Å². The van der Waals surface area contributed by atoms with Crippen LogP contribution in [0, 0.1) is 5.82 Å². The molecule has 0 fully saturated rings. The highest BCUT2D eigenvalue weighted by molar-refractivity contribution is 6.08. The van der Waals surface area contributed by atoms with Gasteiger partial charge in [-0.3, -0.25) is 4.79 Å². The smallest absolute Gasteiger partial charge is 0.282 e. The lowest BCUT2D eigenvalue weighted by Crippen LogP contribution is -2.92. The largest absolute Gasteiger partial charge is 0.495 e. The Balaban J connectivity index is 1.44. The highest BCUT2D eigenvalue weighted by Gasteiger charge is 2.19. The first-order valence-corrected chi connectivity index (χ1v) is 9.93. The minimum absolute atomic E-state index is 0.122. The standard InChI is InChI=1S/C24H23FN2O3/c1-15(26-12-11-16-7-9-17(25)10-8-16)24(28)27-20-14-22-19(13-23(20)29-2)18-5-3-4-6-21(18)30-22/h3-10,13-15,26H,11-12H2,1-2H3,(H,27,28)/p+1/t15-/m0/s1. The van der Waals surface area contributed by atoms with E-state index in [0.717, 1.165) is 34.9 Å². The topological polar surface area (TPSA) is 68.1 Å². The van der Waals surface area contributed by atoms with Crippen molar-refractivity contribution in [1.29, 1.82) is 0 Å². The number of rotatable bonds is 7. The number of hydrogen-bond donors (Lipinski definition) is 2. The molecule has 1 atom stereocenters. The summed E-state index contributed by atoms with van der Waals surface area (Å²) in [5, 5.41) is 6.86. The molecule has 6 heteroatoms. The summed E-state index contributed by atoms with van der Waals surface area (Å²) >= 11 is 0. The predicted molar refractivity (Wildman–Crippen MR) is 115 cm³/mol. The fourth-order valence-corrected chi connectivity index (χ4v) is 3.52. The summed E-state index contributed by atoms with van der Waals surface area (Å²) in [4.78, 5) is 12.7. The molecule has 1 aromatic heterocycles. The molecular formula is C24H24FN2O3+. The van der Waals surface area contributed by atoms with E-state index in [1.807, 2.05) is 42.6 Å². The molecule has 154 valence electrons. The number of carbonyl (C=O) groups excluding carboxylic acids is 1. The molecule has 3 N–H and O–H groups in total. The van der Waals surface area contributed by atoms with Gasteiger partial charge in [0.05, 0.1) is 19.3 Å². The van der Waals surface area contributed by atoms with Crippen molar-refractivity contribution in [3.63, 3.8) is 0 Å². The molecule has 0 saturated heterocycles. The molecular weight excluding hydrogens is 383 g/mol. The van der Waals surface area contributed by atoms with E-state index in [0.29, 0.717) is 17.0 Å². The molecule has 1 amide bonds. The van der Waals surface area contributed by atoms with Crippen LogP contribution in [0.4, 0.5) is 10.1 Å². The van der Waals surface area contributed by atoms with E-state index in [1.165, 1.54) is 12.1 Å². The van der Waals surface area contributed by atoms with Crippen molar-refractivity contribution in [1.82, 2.24) is 0 Å². The molecule has 1 heterocycles. The minimum atomic E-state index is -0.290. The summed E-state index contributed by atoms with van der Waals surface area (Å²) in [7, 11) is 1.58. The molecule has 3 aromatic carbocycles. The Kier molecular flexibility index (Phi) is 5.68. The summed E-state index contributed by atoms with van der Waals surface area (Å²) in [5.41, 5.74) is 3.10. The van der Waals surface area contributed by atoms with Gasteiger partial charge < -0.3 is 19.8 Å². The second-order valence-corrected chi connectivity index (χ2v) is 7.33. The molecule has 0 aliphatic carbocycles. The zero-order valence-electron chi connectivity index (χ0n) is 16.9. The van der Waals surface area contributed by atoms with Crippen molar-refractivity contribution in [2.75, 3.05) is 19.0 Å². The average molecular weight is 407 g/mol. The molecule has 5 nitrogen and oxygen atoms in total. The lowest BCUT2D eigenvalue weighted by Gasteiger charge is -2.14. The van der Waals surface area contributed by atoms with Crippen LogP contribution in [-0.4, -0.2) is 25.6 Å². The van der Waals surface area contributed by atoms with Crippen LogP contribution in [0.5, 0.6) is 5.75 Å². The lowest BCUT2D eigenvalue weighted by atomic mass is 10.1. The summed E-state index contributed by atoms with van der Waals surface area (Å²) < 4.78 is 24.4. The molecule has 0 aliphatic heterocycles. The van der Waals surface area contributed by atoms with Crippen molar-refractivity contribution < 1.29 is 23.7 Å². The summed E-state index contributed by atoms with van der Waals surface area (Å²) in [6, 6.07) is 17.6. The molecule has 0 saturated carbocycles. The highest BCUT2D eigenvalue weighted by Crippen LogP contribution is 2.36. The number of furan rings is 1. The number of halogens is 1. The Bertz CT molecular complexity index is 1180.